The maximum absolute atomic E-state index is 11.4. The summed E-state index contributed by atoms with van der Waals surface area (Å²) in [6.07, 6.45) is 3.08. The van der Waals surface area contributed by atoms with E-state index in [1.807, 2.05) is 35.8 Å². The van der Waals surface area contributed by atoms with Gasteiger partial charge in [0.1, 0.15) is 0 Å². The van der Waals surface area contributed by atoms with Crippen molar-refractivity contribution in [2.75, 3.05) is 6.54 Å². The standard InChI is InChI=1S/C14H16N2O2/c1-2-15-14(18)7-8-16-9-11(10-17)12-5-3-4-6-13(12)16/h3-6,9-10H,2,7-8H2,1H3,(H,15,18). The summed E-state index contributed by atoms with van der Waals surface area (Å²) < 4.78 is 1.95. The molecule has 4 nitrogen and oxygen atoms in total. The van der Waals surface area contributed by atoms with E-state index in [4.69, 9.17) is 0 Å². The molecular weight excluding hydrogens is 228 g/mol. The number of hydrogen-bond donors (Lipinski definition) is 1. The van der Waals surface area contributed by atoms with Crippen molar-refractivity contribution in [1.29, 1.82) is 0 Å². The van der Waals surface area contributed by atoms with E-state index in [-0.39, 0.29) is 5.91 Å². The van der Waals surface area contributed by atoms with Crippen LogP contribution in [0.4, 0.5) is 0 Å². The van der Waals surface area contributed by atoms with E-state index in [9.17, 15) is 9.59 Å². The largest absolute Gasteiger partial charge is 0.356 e. The van der Waals surface area contributed by atoms with Gasteiger partial charge >= 0.3 is 0 Å². The minimum Gasteiger partial charge on any atom is -0.356 e. The maximum atomic E-state index is 11.4. The number of nitrogens with zero attached hydrogens (tertiary/aromatic N) is 1. The lowest BCUT2D eigenvalue weighted by atomic mass is 10.2. The number of carbonyl (C=O) groups is 2. The highest BCUT2D eigenvalue weighted by molar-refractivity contribution is 5.97. The van der Waals surface area contributed by atoms with Gasteiger partial charge in [-0.2, -0.15) is 0 Å². The Morgan fingerprint density at radius 1 is 1.39 bits per heavy atom. The van der Waals surface area contributed by atoms with E-state index in [1.54, 1.807) is 6.20 Å². The molecular formula is C14H16N2O2. The second-order valence-electron chi connectivity index (χ2n) is 4.12. The lowest BCUT2D eigenvalue weighted by Gasteiger charge is -2.05. The minimum atomic E-state index is 0.0305. The Kier molecular flexibility index (Phi) is 3.77. The maximum Gasteiger partial charge on any atom is 0.221 e. The highest BCUT2D eigenvalue weighted by atomic mass is 16.1. The molecule has 4 heteroatoms. The summed E-state index contributed by atoms with van der Waals surface area (Å²) in [5, 5.41) is 3.70. The van der Waals surface area contributed by atoms with Crippen LogP contribution in [0.1, 0.15) is 23.7 Å². The average Bonchev–Trinajstić information content (AvgIpc) is 2.75. The van der Waals surface area contributed by atoms with Crippen molar-refractivity contribution >= 4 is 23.1 Å². The molecule has 0 saturated heterocycles. The number of para-hydroxylation sites is 1. The first kappa shape index (κ1) is 12.4. The Labute approximate surface area is 106 Å². The van der Waals surface area contributed by atoms with E-state index in [1.165, 1.54) is 0 Å². The fourth-order valence-corrected chi connectivity index (χ4v) is 2.06. The zero-order valence-electron chi connectivity index (χ0n) is 10.3. The van der Waals surface area contributed by atoms with E-state index < -0.39 is 0 Å². The number of hydrogen-bond acceptors (Lipinski definition) is 2. The summed E-state index contributed by atoms with van der Waals surface area (Å²) in [4.78, 5) is 22.4. The van der Waals surface area contributed by atoms with E-state index in [0.717, 1.165) is 17.2 Å². The molecule has 1 aromatic carbocycles. The first-order chi connectivity index (χ1) is 8.76. The second kappa shape index (κ2) is 5.49. The smallest absolute Gasteiger partial charge is 0.221 e. The van der Waals surface area contributed by atoms with E-state index >= 15 is 0 Å². The minimum absolute atomic E-state index is 0.0305. The summed E-state index contributed by atoms with van der Waals surface area (Å²) in [6.45, 7) is 3.12. The molecule has 0 aliphatic carbocycles. The molecule has 0 spiro atoms. The molecule has 0 radical (unpaired) electrons. The summed E-state index contributed by atoms with van der Waals surface area (Å²) in [5.41, 5.74) is 1.66. The van der Waals surface area contributed by atoms with Gasteiger partial charge < -0.3 is 9.88 Å². The number of aryl methyl sites for hydroxylation is 1. The zero-order valence-corrected chi connectivity index (χ0v) is 10.3. The Bertz CT molecular complexity index is 572. The molecule has 0 fully saturated rings. The van der Waals surface area contributed by atoms with Crippen LogP contribution in [0.15, 0.2) is 30.5 Å². The van der Waals surface area contributed by atoms with E-state index in [2.05, 4.69) is 5.32 Å². The number of aromatic nitrogens is 1. The van der Waals surface area contributed by atoms with Crippen LogP contribution in [-0.4, -0.2) is 23.3 Å². The molecule has 2 aromatic rings. The van der Waals surface area contributed by atoms with Crippen LogP contribution in [-0.2, 0) is 11.3 Å². The van der Waals surface area contributed by atoms with Crippen LogP contribution in [0.3, 0.4) is 0 Å². The number of fused-ring (bicyclic) bond motifs is 1. The third kappa shape index (κ3) is 2.42. The van der Waals surface area contributed by atoms with Gasteiger partial charge in [0, 0.05) is 42.2 Å². The lowest BCUT2D eigenvalue weighted by molar-refractivity contribution is -0.121. The van der Waals surface area contributed by atoms with E-state index in [0.29, 0.717) is 25.1 Å². The SMILES string of the molecule is CCNC(=O)CCn1cc(C=O)c2ccccc21. The number of benzene rings is 1. The predicted octanol–water partition coefficient (Wildman–Crippen LogP) is 1.98. The lowest BCUT2D eigenvalue weighted by Crippen LogP contribution is -2.23. The van der Waals surface area contributed by atoms with Crippen molar-refractivity contribution in [3.05, 3.63) is 36.0 Å². The summed E-state index contributed by atoms with van der Waals surface area (Å²) in [5.74, 6) is 0.0305. The Balaban J connectivity index is 2.23. The highest BCUT2D eigenvalue weighted by Crippen LogP contribution is 2.20. The normalized spacial score (nSPS) is 10.5. The van der Waals surface area contributed by atoms with Crippen molar-refractivity contribution in [3.63, 3.8) is 0 Å². The summed E-state index contributed by atoms with van der Waals surface area (Å²) >= 11 is 0. The number of amides is 1. The Morgan fingerprint density at radius 3 is 2.89 bits per heavy atom. The van der Waals surface area contributed by atoms with Gasteiger partial charge in [0.05, 0.1) is 0 Å². The van der Waals surface area contributed by atoms with Crippen LogP contribution < -0.4 is 5.32 Å². The number of nitrogens with one attached hydrogen (secondary N) is 1. The first-order valence-electron chi connectivity index (χ1n) is 6.06. The molecule has 18 heavy (non-hydrogen) atoms. The van der Waals surface area contributed by atoms with Crippen LogP contribution in [0, 0.1) is 0 Å². The Hall–Kier alpha value is -2.10. The zero-order chi connectivity index (χ0) is 13.0. The quantitative estimate of drug-likeness (QED) is 0.818. The van der Waals surface area contributed by atoms with Gasteiger partial charge in [-0.25, -0.2) is 0 Å². The second-order valence-corrected chi connectivity index (χ2v) is 4.12. The number of aldehydes is 1. The Morgan fingerprint density at radius 2 is 2.17 bits per heavy atom. The molecule has 1 N–H and O–H groups in total. The van der Waals surface area contributed by atoms with Crippen LogP contribution >= 0.6 is 0 Å². The van der Waals surface area contributed by atoms with Crippen molar-refractivity contribution in [2.24, 2.45) is 0 Å². The third-order valence-electron chi connectivity index (χ3n) is 2.90. The van der Waals surface area contributed by atoms with Gasteiger partial charge in [0.25, 0.3) is 0 Å². The summed E-state index contributed by atoms with van der Waals surface area (Å²) in [6, 6.07) is 7.71. The third-order valence-corrected chi connectivity index (χ3v) is 2.90. The van der Waals surface area contributed by atoms with Gasteiger partial charge in [-0.15, -0.1) is 0 Å². The van der Waals surface area contributed by atoms with Gasteiger partial charge in [-0.05, 0) is 13.0 Å². The number of rotatable bonds is 5. The molecule has 0 atom stereocenters. The topological polar surface area (TPSA) is 51.1 Å². The molecule has 94 valence electrons. The van der Waals surface area contributed by atoms with Crippen molar-refractivity contribution < 1.29 is 9.59 Å². The highest BCUT2D eigenvalue weighted by Gasteiger charge is 2.08. The van der Waals surface area contributed by atoms with Gasteiger partial charge in [0.15, 0.2) is 6.29 Å². The molecule has 0 saturated carbocycles. The molecule has 0 unspecified atom stereocenters. The molecule has 0 aliphatic rings. The predicted molar refractivity (Wildman–Crippen MR) is 70.6 cm³/mol. The van der Waals surface area contributed by atoms with Gasteiger partial charge in [-0.1, -0.05) is 18.2 Å². The average molecular weight is 244 g/mol. The monoisotopic (exact) mass is 244 g/mol. The fourth-order valence-electron chi connectivity index (χ4n) is 2.06. The molecule has 1 amide bonds. The van der Waals surface area contributed by atoms with Gasteiger partial charge in [-0.3, -0.25) is 9.59 Å². The van der Waals surface area contributed by atoms with Crippen molar-refractivity contribution in [1.82, 2.24) is 9.88 Å². The van der Waals surface area contributed by atoms with Crippen LogP contribution in [0.5, 0.6) is 0 Å². The van der Waals surface area contributed by atoms with Crippen LogP contribution in [0.25, 0.3) is 10.9 Å². The van der Waals surface area contributed by atoms with Crippen LogP contribution in [0.2, 0.25) is 0 Å². The number of carbonyl (C=O) groups excluding carboxylic acids is 2. The first-order valence-corrected chi connectivity index (χ1v) is 6.06. The molecule has 0 bridgehead atoms. The molecule has 1 heterocycles. The summed E-state index contributed by atoms with van der Waals surface area (Å²) in [7, 11) is 0. The van der Waals surface area contributed by atoms with Crippen molar-refractivity contribution in [2.45, 2.75) is 19.9 Å². The molecule has 1 aromatic heterocycles. The molecule has 0 aliphatic heterocycles. The molecule has 2 rings (SSSR count). The van der Waals surface area contributed by atoms with Crippen molar-refractivity contribution in [3.8, 4) is 0 Å². The fraction of sp³-hybridized carbons (Fsp3) is 0.286. The van der Waals surface area contributed by atoms with Gasteiger partial charge in [0.2, 0.25) is 5.91 Å².